The molecule has 2 aromatic rings. The first-order valence-electron chi connectivity index (χ1n) is 8.27. The number of nitrogens with one attached hydrogen (secondary N) is 1. The zero-order chi connectivity index (χ0) is 17.8. The van der Waals surface area contributed by atoms with Crippen molar-refractivity contribution in [1.82, 2.24) is 5.32 Å². The third-order valence-corrected chi connectivity index (χ3v) is 4.61. The van der Waals surface area contributed by atoms with Gasteiger partial charge in [0.1, 0.15) is 5.75 Å². The zero-order valence-corrected chi connectivity index (χ0v) is 17.4. The highest BCUT2D eigenvalue weighted by Crippen LogP contribution is 2.33. The molecule has 1 unspecified atom stereocenters. The van der Waals surface area contributed by atoms with Crippen LogP contribution in [0.4, 0.5) is 11.4 Å². The van der Waals surface area contributed by atoms with Crippen molar-refractivity contribution in [3.05, 3.63) is 53.1 Å². The van der Waals surface area contributed by atoms with Crippen LogP contribution in [0, 0.1) is 0 Å². The summed E-state index contributed by atoms with van der Waals surface area (Å²) >= 11 is 6.11. The summed E-state index contributed by atoms with van der Waals surface area (Å²) in [5.41, 5.74) is 8.29. The predicted molar refractivity (Wildman–Crippen MR) is 116 cm³/mol. The SMILES string of the molecule is COc1ccc(Cl)cc1N1CCC(NC(=O)Cc2ccc(N)cc2)C1.Cl.Cl. The molecule has 1 amide bonds. The Morgan fingerprint density at radius 2 is 1.96 bits per heavy atom. The molecule has 8 heteroatoms. The number of methoxy groups -OCH3 is 1. The molecule has 1 atom stereocenters. The molecule has 1 fully saturated rings. The number of halogens is 3. The van der Waals surface area contributed by atoms with Crippen LogP contribution in [0.5, 0.6) is 5.75 Å². The predicted octanol–water partition coefficient (Wildman–Crippen LogP) is 3.71. The van der Waals surface area contributed by atoms with Gasteiger partial charge >= 0.3 is 0 Å². The molecular formula is C19H24Cl3N3O2. The largest absolute Gasteiger partial charge is 0.495 e. The molecule has 3 rings (SSSR count). The first-order chi connectivity index (χ1) is 12.0. The first kappa shape index (κ1) is 23.2. The number of nitrogen functional groups attached to an aromatic ring is 1. The number of carbonyl (C=O) groups excluding carboxylic acids is 1. The van der Waals surface area contributed by atoms with E-state index in [1.54, 1.807) is 7.11 Å². The van der Waals surface area contributed by atoms with E-state index in [2.05, 4.69) is 10.2 Å². The topological polar surface area (TPSA) is 67.6 Å². The molecule has 0 spiro atoms. The second-order valence-electron chi connectivity index (χ2n) is 6.23. The van der Waals surface area contributed by atoms with Gasteiger partial charge in [-0.3, -0.25) is 4.79 Å². The lowest BCUT2D eigenvalue weighted by molar-refractivity contribution is -0.121. The van der Waals surface area contributed by atoms with Crippen molar-refractivity contribution in [2.75, 3.05) is 30.8 Å². The lowest BCUT2D eigenvalue weighted by Crippen LogP contribution is -2.38. The highest BCUT2D eigenvalue weighted by Gasteiger charge is 2.26. The Balaban J connectivity index is 0.00000182. The number of hydrogen-bond donors (Lipinski definition) is 2. The summed E-state index contributed by atoms with van der Waals surface area (Å²) in [5, 5.41) is 3.78. The molecule has 1 saturated heterocycles. The van der Waals surface area contributed by atoms with E-state index in [0.717, 1.165) is 36.5 Å². The third kappa shape index (κ3) is 6.09. The average molecular weight is 433 g/mol. The van der Waals surface area contributed by atoms with Gasteiger partial charge in [-0.1, -0.05) is 23.7 Å². The Bertz CT molecular complexity index is 756. The number of nitrogens with two attached hydrogens (primary N) is 1. The monoisotopic (exact) mass is 431 g/mol. The van der Waals surface area contributed by atoms with Crippen LogP contribution < -0.4 is 20.7 Å². The Kier molecular flexibility index (Phi) is 9.03. The normalized spacial score (nSPS) is 15.5. The lowest BCUT2D eigenvalue weighted by Gasteiger charge is -2.21. The maximum atomic E-state index is 12.3. The Labute approximate surface area is 177 Å². The minimum Gasteiger partial charge on any atom is -0.495 e. The maximum absolute atomic E-state index is 12.3. The fourth-order valence-electron chi connectivity index (χ4n) is 3.11. The highest BCUT2D eigenvalue weighted by molar-refractivity contribution is 6.30. The maximum Gasteiger partial charge on any atom is 0.224 e. The van der Waals surface area contributed by atoms with E-state index in [1.807, 2.05) is 42.5 Å². The Hall–Kier alpha value is -1.82. The van der Waals surface area contributed by atoms with Gasteiger partial charge in [-0.05, 0) is 42.3 Å². The molecule has 2 aromatic carbocycles. The Morgan fingerprint density at radius 3 is 2.63 bits per heavy atom. The van der Waals surface area contributed by atoms with Gasteiger partial charge in [-0.25, -0.2) is 0 Å². The summed E-state index contributed by atoms with van der Waals surface area (Å²) in [7, 11) is 1.65. The molecule has 0 saturated carbocycles. The first-order valence-corrected chi connectivity index (χ1v) is 8.65. The number of carbonyl (C=O) groups is 1. The van der Waals surface area contributed by atoms with Crippen LogP contribution in [0.1, 0.15) is 12.0 Å². The van der Waals surface area contributed by atoms with Crippen molar-refractivity contribution in [3.8, 4) is 5.75 Å². The fraction of sp³-hybridized carbons (Fsp3) is 0.316. The zero-order valence-electron chi connectivity index (χ0n) is 15.0. The van der Waals surface area contributed by atoms with Crippen molar-refractivity contribution < 1.29 is 9.53 Å². The summed E-state index contributed by atoms with van der Waals surface area (Å²) in [6.45, 7) is 1.59. The van der Waals surface area contributed by atoms with Crippen LogP contribution >= 0.6 is 36.4 Å². The van der Waals surface area contributed by atoms with Crippen molar-refractivity contribution in [1.29, 1.82) is 0 Å². The Morgan fingerprint density at radius 1 is 1.26 bits per heavy atom. The van der Waals surface area contributed by atoms with E-state index in [1.165, 1.54) is 0 Å². The summed E-state index contributed by atoms with van der Waals surface area (Å²) in [6, 6.07) is 13.1. The van der Waals surface area contributed by atoms with Crippen LogP contribution in [0.2, 0.25) is 5.02 Å². The highest BCUT2D eigenvalue weighted by atomic mass is 35.5. The number of rotatable bonds is 5. The number of ether oxygens (including phenoxy) is 1. The van der Waals surface area contributed by atoms with E-state index in [4.69, 9.17) is 22.1 Å². The molecule has 27 heavy (non-hydrogen) atoms. The molecule has 3 N–H and O–H groups in total. The molecule has 148 valence electrons. The molecule has 0 aliphatic carbocycles. The molecule has 0 aromatic heterocycles. The number of anilines is 2. The van der Waals surface area contributed by atoms with Gasteiger partial charge in [0.2, 0.25) is 5.91 Å². The van der Waals surface area contributed by atoms with Crippen molar-refractivity contribution in [3.63, 3.8) is 0 Å². The number of nitrogens with zero attached hydrogens (tertiary/aromatic N) is 1. The van der Waals surface area contributed by atoms with Gasteiger partial charge in [0.05, 0.1) is 19.2 Å². The van der Waals surface area contributed by atoms with Crippen LogP contribution in [0.15, 0.2) is 42.5 Å². The molecule has 1 aliphatic heterocycles. The lowest BCUT2D eigenvalue weighted by atomic mass is 10.1. The van der Waals surface area contributed by atoms with Gasteiger partial charge in [-0.15, -0.1) is 24.8 Å². The van der Waals surface area contributed by atoms with Crippen molar-refractivity contribution in [2.24, 2.45) is 0 Å². The minimum atomic E-state index is 0. The van der Waals surface area contributed by atoms with Gasteiger partial charge in [0.25, 0.3) is 0 Å². The van der Waals surface area contributed by atoms with Gasteiger partial charge in [-0.2, -0.15) is 0 Å². The van der Waals surface area contributed by atoms with Crippen molar-refractivity contribution >= 4 is 53.7 Å². The molecule has 1 aliphatic rings. The quantitative estimate of drug-likeness (QED) is 0.707. The smallest absolute Gasteiger partial charge is 0.224 e. The fourth-order valence-corrected chi connectivity index (χ4v) is 3.27. The van der Waals surface area contributed by atoms with Crippen LogP contribution in [0.25, 0.3) is 0 Å². The molecule has 5 nitrogen and oxygen atoms in total. The summed E-state index contributed by atoms with van der Waals surface area (Å²) < 4.78 is 5.42. The van der Waals surface area contributed by atoms with E-state index in [0.29, 0.717) is 17.1 Å². The standard InChI is InChI=1S/C19H22ClN3O2.2ClH/c1-25-18-7-4-14(20)11-17(18)23-9-8-16(12-23)22-19(24)10-13-2-5-15(21)6-3-13;;/h2-7,11,16H,8-10,12,21H2,1H3,(H,22,24);2*1H. The average Bonchev–Trinajstić information content (AvgIpc) is 3.05. The summed E-state index contributed by atoms with van der Waals surface area (Å²) in [6.07, 6.45) is 1.25. The number of hydrogen-bond acceptors (Lipinski definition) is 4. The van der Waals surface area contributed by atoms with Crippen LogP contribution in [-0.4, -0.2) is 32.1 Å². The molecule has 0 bridgehead atoms. The number of benzene rings is 2. The number of amides is 1. The summed E-state index contributed by atoms with van der Waals surface area (Å²) in [5.74, 6) is 0.813. The molecule has 0 radical (unpaired) electrons. The van der Waals surface area contributed by atoms with Gasteiger partial charge in [0.15, 0.2) is 0 Å². The van der Waals surface area contributed by atoms with Crippen LogP contribution in [-0.2, 0) is 11.2 Å². The van der Waals surface area contributed by atoms with Gasteiger partial charge in [0, 0.05) is 29.8 Å². The summed E-state index contributed by atoms with van der Waals surface area (Å²) in [4.78, 5) is 14.5. The van der Waals surface area contributed by atoms with Gasteiger partial charge < -0.3 is 20.7 Å². The molecular weight excluding hydrogens is 409 g/mol. The van der Waals surface area contributed by atoms with E-state index >= 15 is 0 Å². The minimum absolute atomic E-state index is 0. The van der Waals surface area contributed by atoms with E-state index in [-0.39, 0.29) is 36.8 Å². The van der Waals surface area contributed by atoms with E-state index < -0.39 is 0 Å². The third-order valence-electron chi connectivity index (χ3n) is 4.38. The van der Waals surface area contributed by atoms with Crippen LogP contribution in [0.3, 0.4) is 0 Å². The van der Waals surface area contributed by atoms with Crippen molar-refractivity contribution in [2.45, 2.75) is 18.9 Å². The molecule has 1 heterocycles. The second-order valence-corrected chi connectivity index (χ2v) is 6.67. The second kappa shape index (κ2) is 10.5. The van der Waals surface area contributed by atoms with E-state index in [9.17, 15) is 4.79 Å².